The first-order valence-corrected chi connectivity index (χ1v) is 22.4. The highest BCUT2D eigenvalue weighted by molar-refractivity contribution is 5.69. The first-order chi connectivity index (χ1) is 25.0. The van der Waals surface area contributed by atoms with E-state index >= 15 is 0 Å². The molecule has 0 aromatic rings. The summed E-state index contributed by atoms with van der Waals surface area (Å²) in [6, 6.07) is 0. The van der Waals surface area contributed by atoms with Crippen LogP contribution < -0.4 is 0 Å². The maximum absolute atomic E-state index is 12.7. The zero-order chi connectivity index (χ0) is 37.5. The third-order valence-electron chi connectivity index (χ3n) is 10.1. The van der Waals surface area contributed by atoms with E-state index in [0.29, 0.717) is 19.4 Å². The standard InChI is InChI=1S/C45H87NO5/c1-5-9-12-15-19-25-33-42(32-8-4)50-44(48)37-29-24-31-39-46(40-41-47)38-30-23-18-22-28-36-45(49)51-43(34-26-20-16-13-10-6-2)35-27-21-17-14-11-7-3/h30,38,42-43,47H,5-29,31-37,39-41H2,1-4H3/b38-30-. The first kappa shape index (κ1) is 49.4. The molecule has 1 atom stereocenters. The van der Waals surface area contributed by atoms with Gasteiger partial charge in [0.25, 0.3) is 0 Å². The summed E-state index contributed by atoms with van der Waals surface area (Å²) in [5.74, 6) is -0.0511. The summed E-state index contributed by atoms with van der Waals surface area (Å²) in [4.78, 5) is 27.4. The SMILES string of the molecule is CCCCCCCCC(CCC)OC(=O)CCCCCN(/C=C\CCCCCC(=O)OC(CCCCCCCC)CCCCCCCC)CCO. The molecule has 0 rings (SSSR count). The van der Waals surface area contributed by atoms with E-state index < -0.39 is 0 Å². The Morgan fingerprint density at radius 3 is 1.35 bits per heavy atom. The molecule has 0 aliphatic rings. The van der Waals surface area contributed by atoms with Crippen molar-refractivity contribution in [2.75, 3.05) is 19.7 Å². The van der Waals surface area contributed by atoms with Crippen LogP contribution in [-0.4, -0.2) is 53.8 Å². The smallest absolute Gasteiger partial charge is 0.306 e. The van der Waals surface area contributed by atoms with Crippen molar-refractivity contribution in [1.82, 2.24) is 4.90 Å². The Morgan fingerprint density at radius 1 is 0.490 bits per heavy atom. The lowest BCUT2D eigenvalue weighted by Gasteiger charge is -2.19. The van der Waals surface area contributed by atoms with Gasteiger partial charge < -0.3 is 19.5 Å². The van der Waals surface area contributed by atoms with Crippen molar-refractivity contribution in [3.8, 4) is 0 Å². The molecular formula is C45H87NO5. The predicted molar refractivity (Wildman–Crippen MR) is 218 cm³/mol. The van der Waals surface area contributed by atoms with E-state index in [-0.39, 0.29) is 30.8 Å². The summed E-state index contributed by atoms with van der Waals surface area (Å²) < 4.78 is 11.8. The maximum atomic E-state index is 12.7. The van der Waals surface area contributed by atoms with Crippen LogP contribution in [0.25, 0.3) is 0 Å². The highest BCUT2D eigenvalue weighted by atomic mass is 16.5. The van der Waals surface area contributed by atoms with Gasteiger partial charge in [-0.2, -0.15) is 0 Å². The fraction of sp³-hybridized carbons (Fsp3) is 0.911. The molecule has 51 heavy (non-hydrogen) atoms. The molecule has 0 spiro atoms. The number of carbonyl (C=O) groups is 2. The minimum absolute atomic E-state index is 0.0103. The summed E-state index contributed by atoms with van der Waals surface area (Å²) in [6.07, 6.45) is 40.2. The van der Waals surface area contributed by atoms with E-state index in [0.717, 1.165) is 90.0 Å². The van der Waals surface area contributed by atoms with Crippen LogP contribution in [-0.2, 0) is 19.1 Å². The average molecular weight is 722 g/mol. The summed E-state index contributed by atoms with van der Waals surface area (Å²) in [7, 11) is 0. The number of aliphatic hydroxyl groups is 1. The van der Waals surface area contributed by atoms with Gasteiger partial charge in [0, 0.05) is 25.9 Å². The molecule has 0 saturated heterocycles. The number of hydrogen-bond acceptors (Lipinski definition) is 6. The number of aliphatic hydroxyl groups excluding tert-OH is 1. The van der Waals surface area contributed by atoms with E-state index in [1.54, 1.807) is 0 Å². The van der Waals surface area contributed by atoms with Gasteiger partial charge in [-0.05, 0) is 83.2 Å². The molecule has 1 N–H and O–H groups in total. The number of nitrogens with zero attached hydrogens (tertiary/aromatic N) is 1. The summed E-state index contributed by atoms with van der Waals surface area (Å²) >= 11 is 0. The molecule has 0 aromatic carbocycles. The Morgan fingerprint density at radius 2 is 0.902 bits per heavy atom. The molecule has 0 radical (unpaired) electrons. The van der Waals surface area contributed by atoms with Crippen LogP contribution in [0.5, 0.6) is 0 Å². The second-order valence-corrected chi connectivity index (χ2v) is 15.2. The molecule has 0 heterocycles. The molecule has 0 aliphatic carbocycles. The van der Waals surface area contributed by atoms with Gasteiger partial charge >= 0.3 is 11.9 Å². The monoisotopic (exact) mass is 722 g/mol. The normalized spacial score (nSPS) is 12.2. The van der Waals surface area contributed by atoms with Crippen molar-refractivity contribution in [3.05, 3.63) is 12.3 Å². The fourth-order valence-electron chi connectivity index (χ4n) is 6.88. The van der Waals surface area contributed by atoms with Crippen LogP contribution in [0.3, 0.4) is 0 Å². The Kier molecular flexibility index (Phi) is 38.4. The zero-order valence-corrected chi connectivity index (χ0v) is 34.6. The van der Waals surface area contributed by atoms with Crippen molar-refractivity contribution in [1.29, 1.82) is 0 Å². The molecule has 0 amide bonds. The van der Waals surface area contributed by atoms with E-state index in [9.17, 15) is 14.7 Å². The Labute approximate surface area is 317 Å². The van der Waals surface area contributed by atoms with Crippen molar-refractivity contribution in [2.24, 2.45) is 0 Å². The van der Waals surface area contributed by atoms with Gasteiger partial charge in [-0.1, -0.05) is 149 Å². The number of unbranched alkanes of at least 4 members (excludes halogenated alkanes) is 20. The van der Waals surface area contributed by atoms with Gasteiger partial charge in [-0.15, -0.1) is 0 Å². The van der Waals surface area contributed by atoms with Crippen LogP contribution in [0.4, 0.5) is 0 Å². The largest absolute Gasteiger partial charge is 0.462 e. The molecule has 0 aromatic heterocycles. The number of hydrogen-bond donors (Lipinski definition) is 1. The molecule has 0 fully saturated rings. The topological polar surface area (TPSA) is 76.1 Å². The van der Waals surface area contributed by atoms with E-state index in [4.69, 9.17) is 9.47 Å². The van der Waals surface area contributed by atoms with Gasteiger partial charge in [0.2, 0.25) is 0 Å². The molecule has 302 valence electrons. The Bertz CT molecular complexity index is 756. The highest BCUT2D eigenvalue weighted by Gasteiger charge is 2.15. The summed E-state index contributed by atoms with van der Waals surface area (Å²) in [5.41, 5.74) is 0. The van der Waals surface area contributed by atoms with Crippen LogP contribution in [0.1, 0.15) is 233 Å². The minimum Gasteiger partial charge on any atom is -0.462 e. The minimum atomic E-state index is -0.0408. The predicted octanol–water partition coefficient (Wildman–Crippen LogP) is 13.2. The third kappa shape index (κ3) is 35.2. The number of esters is 2. The summed E-state index contributed by atoms with van der Waals surface area (Å²) in [5, 5.41) is 9.54. The van der Waals surface area contributed by atoms with Crippen molar-refractivity contribution in [2.45, 2.75) is 245 Å². The van der Waals surface area contributed by atoms with Crippen LogP contribution in [0.15, 0.2) is 12.3 Å². The van der Waals surface area contributed by atoms with Crippen LogP contribution >= 0.6 is 0 Å². The quantitative estimate of drug-likeness (QED) is 0.0501. The number of rotatable bonds is 40. The summed E-state index contributed by atoms with van der Waals surface area (Å²) in [6.45, 7) is 10.6. The maximum Gasteiger partial charge on any atom is 0.306 e. The van der Waals surface area contributed by atoms with Gasteiger partial charge in [0.15, 0.2) is 0 Å². The number of allylic oxidation sites excluding steroid dienone is 1. The molecule has 6 nitrogen and oxygen atoms in total. The Balaban J connectivity index is 4.24. The zero-order valence-electron chi connectivity index (χ0n) is 34.6. The van der Waals surface area contributed by atoms with Gasteiger partial charge in [0.05, 0.1) is 6.61 Å². The lowest BCUT2D eigenvalue weighted by molar-refractivity contribution is -0.151. The molecule has 0 aliphatic heterocycles. The van der Waals surface area contributed by atoms with E-state index in [1.807, 2.05) is 0 Å². The first-order valence-electron chi connectivity index (χ1n) is 22.4. The van der Waals surface area contributed by atoms with Gasteiger partial charge in [-0.25, -0.2) is 0 Å². The molecule has 0 bridgehead atoms. The van der Waals surface area contributed by atoms with Crippen molar-refractivity contribution < 1.29 is 24.2 Å². The molecule has 0 saturated carbocycles. The molecular weight excluding hydrogens is 634 g/mol. The van der Waals surface area contributed by atoms with Crippen LogP contribution in [0, 0.1) is 0 Å². The number of carbonyl (C=O) groups excluding carboxylic acids is 2. The Hall–Kier alpha value is -1.56. The molecule has 1 unspecified atom stereocenters. The van der Waals surface area contributed by atoms with Crippen molar-refractivity contribution >= 4 is 11.9 Å². The van der Waals surface area contributed by atoms with Crippen molar-refractivity contribution in [3.63, 3.8) is 0 Å². The lowest BCUT2D eigenvalue weighted by Crippen LogP contribution is -2.22. The third-order valence-corrected chi connectivity index (χ3v) is 10.1. The molecule has 6 heteroatoms. The second-order valence-electron chi connectivity index (χ2n) is 15.2. The van der Waals surface area contributed by atoms with Gasteiger partial charge in [-0.3, -0.25) is 9.59 Å². The second kappa shape index (κ2) is 39.6. The van der Waals surface area contributed by atoms with Gasteiger partial charge in [0.1, 0.15) is 12.2 Å². The van der Waals surface area contributed by atoms with E-state index in [2.05, 4.69) is 44.9 Å². The lowest BCUT2D eigenvalue weighted by atomic mass is 10.0. The highest BCUT2D eigenvalue weighted by Crippen LogP contribution is 2.19. The fourth-order valence-corrected chi connectivity index (χ4v) is 6.88. The van der Waals surface area contributed by atoms with Crippen LogP contribution in [0.2, 0.25) is 0 Å². The number of ether oxygens (including phenoxy) is 2. The average Bonchev–Trinajstić information content (AvgIpc) is 3.11. The van der Waals surface area contributed by atoms with E-state index in [1.165, 1.54) is 109 Å².